The van der Waals surface area contributed by atoms with Crippen molar-refractivity contribution in [2.75, 3.05) is 14.2 Å². The first-order chi connectivity index (χ1) is 9.72. The molecule has 0 fully saturated rings. The van der Waals surface area contributed by atoms with Crippen LogP contribution in [0.1, 0.15) is 11.1 Å². The minimum atomic E-state index is 0.157. The van der Waals surface area contributed by atoms with Gasteiger partial charge in [-0.05, 0) is 35.4 Å². The Labute approximate surface area is 119 Å². The molecule has 20 heavy (non-hydrogen) atoms. The Morgan fingerprint density at radius 2 is 1.70 bits per heavy atom. The maximum atomic E-state index is 9.54. The van der Waals surface area contributed by atoms with Crippen LogP contribution in [0, 0.1) is 0 Å². The molecule has 0 aliphatic carbocycles. The maximum absolute atomic E-state index is 9.54. The van der Waals surface area contributed by atoms with Gasteiger partial charge in [0, 0.05) is 13.1 Å². The molecule has 0 aliphatic rings. The number of hydrogen-bond donors (Lipinski definition) is 2. The Morgan fingerprint density at radius 1 is 0.950 bits per heavy atom. The van der Waals surface area contributed by atoms with E-state index in [1.165, 1.54) is 0 Å². The van der Waals surface area contributed by atoms with Crippen LogP contribution in [-0.2, 0) is 13.1 Å². The van der Waals surface area contributed by atoms with Gasteiger partial charge >= 0.3 is 0 Å². The van der Waals surface area contributed by atoms with Crippen molar-refractivity contribution in [2.24, 2.45) is 0 Å². The topological polar surface area (TPSA) is 50.7 Å². The van der Waals surface area contributed by atoms with Crippen LogP contribution in [0.2, 0.25) is 0 Å². The van der Waals surface area contributed by atoms with E-state index in [-0.39, 0.29) is 5.75 Å². The average Bonchev–Trinajstić information content (AvgIpc) is 2.49. The van der Waals surface area contributed by atoms with Crippen molar-refractivity contribution in [3.63, 3.8) is 0 Å². The number of benzene rings is 2. The van der Waals surface area contributed by atoms with Gasteiger partial charge in [0.05, 0.1) is 14.2 Å². The lowest BCUT2D eigenvalue weighted by molar-refractivity contribution is 0.373. The molecule has 0 aliphatic heterocycles. The molecule has 0 aromatic heterocycles. The normalized spacial score (nSPS) is 10.3. The molecule has 0 atom stereocenters. The molecular formula is C16H19NO3. The Hall–Kier alpha value is -2.20. The number of rotatable bonds is 6. The summed E-state index contributed by atoms with van der Waals surface area (Å²) in [5.41, 5.74) is 2.22. The van der Waals surface area contributed by atoms with Crippen LogP contribution < -0.4 is 14.8 Å². The minimum Gasteiger partial charge on any atom is -0.504 e. The first kappa shape index (κ1) is 14.2. The molecule has 2 rings (SSSR count). The van der Waals surface area contributed by atoms with E-state index in [1.54, 1.807) is 20.3 Å². The van der Waals surface area contributed by atoms with Crippen LogP contribution >= 0.6 is 0 Å². The van der Waals surface area contributed by atoms with E-state index >= 15 is 0 Å². The third-order valence-corrected chi connectivity index (χ3v) is 3.04. The molecule has 0 heterocycles. The van der Waals surface area contributed by atoms with Crippen molar-refractivity contribution < 1.29 is 14.6 Å². The van der Waals surface area contributed by atoms with Crippen molar-refractivity contribution in [3.05, 3.63) is 53.6 Å². The van der Waals surface area contributed by atoms with Crippen molar-refractivity contribution in [3.8, 4) is 17.2 Å². The lowest BCUT2D eigenvalue weighted by Gasteiger charge is -2.09. The quantitative estimate of drug-likeness (QED) is 0.849. The summed E-state index contributed by atoms with van der Waals surface area (Å²) < 4.78 is 10.3. The van der Waals surface area contributed by atoms with Gasteiger partial charge in [-0.1, -0.05) is 18.2 Å². The van der Waals surface area contributed by atoms with Gasteiger partial charge in [-0.3, -0.25) is 0 Å². The number of phenolic OH excluding ortho intramolecular Hbond substituents is 1. The number of methoxy groups -OCH3 is 2. The van der Waals surface area contributed by atoms with Crippen LogP contribution in [0.3, 0.4) is 0 Å². The molecule has 0 saturated heterocycles. The van der Waals surface area contributed by atoms with Crippen LogP contribution in [0.25, 0.3) is 0 Å². The first-order valence-electron chi connectivity index (χ1n) is 6.42. The number of hydrogen-bond acceptors (Lipinski definition) is 4. The fourth-order valence-electron chi connectivity index (χ4n) is 1.97. The minimum absolute atomic E-state index is 0.157. The highest BCUT2D eigenvalue weighted by molar-refractivity contribution is 5.41. The molecule has 0 saturated carbocycles. The van der Waals surface area contributed by atoms with Gasteiger partial charge in [-0.15, -0.1) is 0 Å². The van der Waals surface area contributed by atoms with E-state index in [0.717, 1.165) is 23.4 Å². The standard InChI is InChI=1S/C16H19NO3/c1-19-14-5-3-4-12(8-14)10-17-11-13-6-7-15(18)16(9-13)20-2/h3-9,17-18H,10-11H2,1-2H3. The van der Waals surface area contributed by atoms with Gasteiger partial charge < -0.3 is 19.9 Å². The predicted octanol–water partition coefficient (Wildman–Crippen LogP) is 2.70. The fourth-order valence-corrected chi connectivity index (χ4v) is 1.97. The summed E-state index contributed by atoms with van der Waals surface area (Å²) in [4.78, 5) is 0. The Kier molecular flexibility index (Phi) is 4.85. The second kappa shape index (κ2) is 6.82. The zero-order chi connectivity index (χ0) is 14.4. The van der Waals surface area contributed by atoms with Gasteiger partial charge in [-0.25, -0.2) is 0 Å². The zero-order valence-corrected chi connectivity index (χ0v) is 11.7. The summed E-state index contributed by atoms with van der Waals surface area (Å²) in [6, 6.07) is 13.3. The molecule has 106 valence electrons. The third-order valence-electron chi connectivity index (χ3n) is 3.04. The number of nitrogens with one attached hydrogen (secondary N) is 1. The summed E-state index contributed by atoms with van der Waals surface area (Å²) >= 11 is 0. The van der Waals surface area contributed by atoms with Crippen LogP contribution in [0.15, 0.2) is 42.5 Å². The summed E-state index contributed by atoms with van der Waals surface area (Å²) in [5.74, 6) is 1.50. The van der Waals surface area contributed by atoms with Crippen molar-refractivity contribution in [1.29, 1.82) is 0 Å². The average molecular weight is 273 g/mol. The largest absolute Gasteiger partial charge is 0.504 e. The lowest BCUT2D eigenvalue weighted by Crippen LogP contribution is -2.12. The smallest absolute Gasteiger partial charge is 0.160 e. The van der Waals surface area contributed by atoms with Gasteiger partial charge in [0.25, 0.3) is 0 Å². The summed E-state index contributed by atoms with van der Waals surface area (Å²) in [5, 5.41) is 12.9. The number of phenols is 1. The molecule has 2 aromatic rings. The van der Waals surface area contributed by atoms with Gasteiger partial charge in [0.15, 0.2) is 11.5 Å². The lowest BCUT2D eigenvalue weighted by atomic mass is 10.2. The van der Waals surface area contributed by atoms with Crippen LogP contribution in [0.5, 0.6) is 17.2 Å². The Morgan fingerprint density at radius 3 is 2.40 bits per heavy atom. The molecule has 4 nitrogen and oxygen atoms in total. The second-order valence-corrected chi connectivity index (χ2v) is 4.46. The first-order valence-corrected chi connectivity index (χ1v) is 6.42. The molecular weight excluding hydrogens is 254 g/mol. The highest BCUT2D eigenvalue weighted by Gasteiger charge is 2.02. The predicted molar refractivity (Wildman–Crippen MR) is 78.2 cm³/mol. The molecule has 4 heteroatoms. The van der Waals surface area contributed by atoms with Crippen molar-refractivity contribution in [1.82, 2.24) is 5.32 Å². The van der Waals surface area contributed by atoms with E-state index in [2.05, 4.69) is 5.32 Å². The van der Waals surface area contributed by atoms with Gasteiger partial charge in [0.1, 0.15) is 5.75 Å². The van der Waals surface area contributed by atoms with E-state index in [1.807, 2.05) is 36.4 Å². The number of aromatic hydroxyl groups is 1. The molecule has 0 unspecified atom stereocenters. The summed E-state index contributed by atoms with van der Waals surface area (Å²) in [7, 11) is 3.21. The van der Waals surface area contributed by atoms with E-state index < -0.39 is 0 Å². The highest BCUT2D eigenvalue weighted by atomic mass is 16.5. The maximum Gasteiger partial charge on any atom is 0.160 e. The van der Waals surface area contributed by atoms with E-state index in [9.17, 15) is 5.11 Å². The van der Waals surface area contributed by atoms with Crippen LogP contribution in [-0.4, -0.2) is 19.3 Å². The third kappa shape index (κ3) is 3.65. The molecule has 2 aromatic carbocycles. The zero-order valence-electron chi connectivity index (χ0n) is 11.7. The van der Waals surface area contributed by atoms with Crippen molar-refractivity contribution >= 4 is 0 Å². The molecule has 0 spiro atoms. The van der Waals surface area contributed by atoms with E-state index in [0.29, 0.717) is 12.3 Å². The summed E-state index contributed by atoms with van der Waals surface area (Å²) in [6.07, 6.45) is 0. The number of ether oxygens (including phenoxy) is 2. The monoisotopic (exact) mass is 273 g/mol. The van der Waals surface area contributed by atoms with E-state index in [4.69, 9.17) is 9.47 Å². The molecule has 2 N–H and O–H groups in total. The molecule has 0 radical (unpaired) electrons. The molecule has 0 bridgehead atoms. The van der Waals surface area contributed by atoms with Gasteiger partial charge in [0.2, 0.25) is 0 Å². The second-order valence-electron chi connectivity index (χ2n) is 4.46. The Bertz CT molecular complexity index is 569. The van der Waals surface area contributed by atoms with Crippen LogP contribution in [0.4, 0.5) is 0 Å². The van der Waals surface area contributed by atoms with Gasteiger partial charge in [-0.2, -0.15) is 0 Å². The summed E-state index contributed by atoms with van der Waals surface area (Å²) in [6.45, 7) is 1.45. The molecule has 0 amide bonds. The Balaban J connectivity index is 1.92. The van der Waals surface area contributed by atoms with Crippen molar-refractivity contribution in [2.45, 2.75) is 13.1 Å². The fraction of sp³-hybridized carbons (Fsp3) is 0.250. The SMILES string of the molecule is COc1cccc(CNCc2ccc(O)c(OC)c2)c1. The highest BCUT2D eigenvalue weighted by Crippen LogP contribution is 2.26.